The lowest BCUT2D eigenvalue weighted by atomic mass is 9.91. The first-order valence-corrected chi connectivity index (χ1v) is 10.9. The van der Waals surface area contributed by atoms with E-state index < -0.39 is 0 Å². The SMILES string of the molecule is CNC(=O)c1ccc(-c2cnn3ccc(C(=O)N(c4ccc(C#N)cn4)C4CCC4)cc23)nc1. The van der Waals surface area contributed by atoms with Gasteiger partial charge in [-0.05, 0) is 55.7 Å². The van der Waals surface area contributed by atoms with Crippen LogP contribution in [0.3, 0.4) is 0 Å². The molecule has 2 amide bonds. The molecule has 0 radical (unpaired) electrons. The number of carbonyl (C=O) groups excluding carboxylic acids is 2. The summed E-state index contributed by atoms with van der Waals surface area (Å²) in [5.74, 6) is 0.174. The zero-order chi connectivity index (χ0) is 23.7. The highest BCUT2D eigenvalue weighted by molar-refractivity contribution is 6.07. The van der Waals surface area contributed by atoms with Crippen LogP contribution < -0.4 is 10.2 Å². The zero-order valence-corrected chi connectivity index (χ0v) is 18.5. The molecule has 4 heterocycles. The third-order valence-corrected chi connectivity index (χ3v) is 6.08. The Kier molecular flexibility index (Phi) is 5.47. The molecular weight excluding hydrogens is 430 g/mol. The minimum Gasteiger partial charge on any atom is -0.355 e. The lowest BCUT2D eigenvalue weighted by Crippen LogP contribution is -2.45. The molecule has 34 heavy (non-hydrogen) atoms. The summed E-state index contributed by atoms with van der Waals surface area (Å²) in [5.41, 5.74) is 3.55. The van der Waals surface area contributed by atoms with Crippen LogP contribution in [-0.4, -0.2) is 44.5 Å². The van der Waals surface area contributed by atoms with Crippen molar-refractivity contribution >= 4 is 23.1 Å². The number of rotatable bonds is 5. The van der Waals surface area contributed by atoms with E-state index in [0.717, 1.165) is 30.3 Å². The van der Waals surface area contributed by atoms with Crippen LogP contribution in [-0.2, 0) is 0 Å². The Hall–Kier alpha value is -4.58. The number of pyridine rings is 3. The van der Waals surface area contributed by atoms with Gasteiger partial charge in [0.15, 0.2) is 0 Å². The highest BCUT2D eigenvalue weighted by Gasteiger charge is 2.32. The van der Waals surface area contributed by atoms with Gasteiger partial charge < -0.3 is 5.32 Å². The van der Waals surface area contributed by atoms with Gasteiger partial charge in [-0.1, -0.05) is 0 Å². The number of nitrogens with zero attached hydrogens (tertiary/aromatic N) is 6. The average Bonchev–Trinajstić information content (AvgIpc) is 3.28. The summed E-state index contributed by atoms with van der Waals surface area (Å²) in [5, 5.41) is 16.0. The second-order valence-electron chi connectivity index (χ2n) is 8.09. The number of anilines is 1. The van der Waals surface area contributed by atoms with Crippen molar-refractivity contribution in [2.24, 2.45) is 0 Å². The van der Waals surface area contributed by atoms with Crippen molar-refractivity contribution in [3.63, 3.8) is 0 Å². The number of carbonyl (C=O) groups is 2. The summed E-state index contributed by atoms with van der Waals surface area (Å²) in [6.07, 6.45) is 9.33. The molecule has 0 unspecified atom stereocenters. The van der Waals surface area contributed by atoms with Crippen molar-refractivity contribution in [3.05, 3.63) is 77.9 Å². The van der Waals surface area contributed by atoms with Gasteiger partial charge >= 0.3 is 0 Å². The fourth-order valence-corrected chi connectivity index (χ4v) is 3.98. The predicted molar refractivity (Wildman–Crippen MR) is 125 cm³/mol. The topological polar surface area (TPSA) is 116 Å². The van der Waals surface area contributed by atoms with E-state index in [0.29, 0.717) is 28.2 Å². The number of nitrogens with one attached hydrogen (secondary N) is 1. The highest BCUT2D eigenvalue weighted by Crippen LogP contribution is 2.31. The number of hydrogen-bond acceptors (Lipinski definition) is 6. The molecule has 5 rings (SSSR count). The molecule has 9 nitrogen and oxygen atoms in total. The van der Waals surface area contributed by atoms with Gasteiger partial charge in [-0.3, -0.25) is 19.5 Å². The van der Waals surface area contributed by atoms with Crippen LogP contribution in [0.25, 0.3) is 16.8 Å². The molecular formula is C25H21N7O2. The average molecular weight is 451 g/mol. The normalized spacial score (nSPS) is 13.2. The third-order valence-electron chi connectivity index (χ3n) is 6.08. The summed E-state index contributed by atoms with van der Waals surface area (Å²) in [4.78, 5) is 36.0. The van der Waals surface area contributed by atoms with Crippen molar-refractivity contribution < 1.29 is 9.59 Å². The smallest absolute Gasteiger partial charge is 0.259 e. The minimum atomic E-state index is -0.209. The maximum absolute atomic E-state index is 13.6. The first-order valence-electron chi connectivity index (χ1n) is 10.9. The third kappa shape index (κ3) is 3.75. The maximum Gasteiger partial charge on any atom is 0.259 e. The highest BCUT2D eigenvalue weighted by atomic mass is 16.2. The molecule has 9 heteroatoms. The Labute approximate surface area is 195 Å². The molecule has 0 bridgehead atoms. The monoisotopic (exact) mass is 451 g/mol. The van der Waals surface area contributed by atoms with Crippen LogP contribution >= 0.6 is 0 Å². The Morgan fingerprint density at radius 3 is 2.56 bits per heavy atom. The van der Waals surface area contributed by atoms with Crippen LogP contribution in [0.4, 0.5) is 5.82 Å². The van der Waals surface area contributed by atoms with Crippen LogP contribution in [0.1, 0.15) is 45.5 Å². The van der Waals surface area contributed by atoms with Crippen molar-refractivity contribution in [2.45, 2.75) is 25.3 Å². The van der Waals surface area contributed by atoms with Crippen molar-refractivity contribution in [1.29, 1.82) is 5.26 Å². The molecule has 0 aromatic carbocycles. The van der Waals surface area contributed by atoms with E-state index in [1.165, 1.54) is 12.4 Å². The molecule has 1 fully saturated rings. The minimum absolute atomic E-state index is 0.0764. The van der Waals surface area contributed by atoms with E-state index in [1.807, 2.05) is 0 Å². The van der Waals surface area contributed by atoms with Gasteiger partial charge in [-0.2, -0.15) is 10.4 Å². The molecule has 1 aliphatic rings. The summed E-state index contributed by atoms with van der Waals surface area (Å²) in [6, 6.07) is 12.5. The van der Waals surface area contributed by atoms with Crippen LogP contribution in [0.5, 0.6) is 0 Å². The first kappa shape index (κ1) is 21.3. The first-order chi connectivity index (χ1) is 16.6. The Balaban J connectivity index is 1.51. The number of fused-ring (bicyclic) bond motifs is 1. The van der Waals surface area contributed by atoms with Crippen molar-refractivity contribution in [2.75, 3.05) is 11.9 Å². The molecule has 1 aliphatic carbocycles. The maximum atomic E-state index is 13.6. The van der Waals surface area contributed by atoms with Crippen LogP contribution in [0.15, 0.2) is 61.2 Å². The summed E-state index contributed by atoms with van der Waals surface area (Å²) >= 11 is 0. The molecule has 4 aromatic rings. The Morgan fingerprint density at radius 1 is 1.09 bits per heavy atom. The molecule has 0 aliphatic heterocycles. The Bertz CT molecular complexity index is 1410. The van der Waals surface area contributed by atoms with E-state index in [4.69, 9.17) is 5.26 Å². The van der Waals surface area contributed by atoms with Crippen LogP contribution in [0.2, 0.25) is 0 Å². The fraction of sp³-hybridized carbons (Fsp3) is 0.200. The second kappa shape index (κ2) is 8.75. The van der Waals surface area contributed by atoms with Gasteiger partial charge in [0.1, 0.15) is 11.9 Å². The number of aromatic nitrogens is 4. The molecule has 1 saturated carbocycles. The predicted octanol–water partition coefficient (Wildman–Crippen LogP) is 3.22. The molecule has 1 N–H and O–H groups in total. The van der Waals surface area contributed by atoms with E-state index >= 15 is 0 Å². The molecule has 0 atom stereocenters. The number of hydrogen-bond donors (Lipinski definition) is 1. The van der Waals surface area contributed by atoms with E-state index in [2.05, 4.69) is 26.5 Å². The number of nitriles is 1. The molecule has 0 saturated heterocycles. The van der Waals surface area contributed by atoms with E-state index in [1.54, 1.807) is 65.3 Å². The van der Waals surface area contributed by atoms with Gasteiger partial charge in [0.05, 0.1) is 28.5 Å². The largest absolute Gasteiger partial charge is 0.355 e. The number of amides is 2. The molecule has 4 aromatic heterocycles. The second-order valence-corrected chi connectivity index (χ2v) is 8.09. The summed E-state index contributed by atoms with van der Waals surface area (Å²) in [6.45, 7) is 0. The van der Waals surface area contributed by atoms with E-state index in [-0.39, 0.29) is 17.9 Å². The van der Waals surface area contributed by atoms with Crippen molar-refractivity contribution in [1.82, 2.24) is 24.9 Å². The zero-order valence-electron chi connectivity index (χ0n) is 18.5. The van der Waals surface area contributed by atoms with Gasteiger partial charge in [-0.15, -0.1) is 0 Å². The quantitative estimate of drug-likeness (QED) is 0.498. The lowest BCUT2D eigenvalue weighted by Gasteiger charge is -2.36. The van der Waals surface area contributed by atoms with Crippen molar-refractivity contribution in [3.8, 4) is 17.3 Å². The Morgan fingerprint density at radius 2 is 1.94 bits per heavy atom. The standard InChI is InChI=1S/C25H21N7O2/c1-27-24(33)18-6-7-21(28-14-18)20-15-30-31-10-9-17(11-22(20)31)25(34)32(19-3-2-4-19)23-8-5-16(12-26)13-29-23/h5-11,13-15,19H,2-4H2,1H3,(H,27,33). The summed E-state index contributed by atoms with van der Waals surface area (Å²) in [7, 11) is 1.57. The van der Waals surface area contributed by atoms with Crippen LogP contribution in [0, 0.1) is 11.3 Å². The lowest BCUT2D eigenvalue weighted by molar-refractivity contribution is 0.0954. The fourth-order valence-electron chi connectivity index (χ4n) is 3.98. The van der Waals surface area contributed by atoms with E-state index in [9.17, 15) is 9.59 Å². The summed E-state index contributed by atoms with van der Waals surface area (Å²) < 4.78 is 1.69. The van der Waals surface area contributed by atoms with Gasteiger partial charge in [0.25, 0.3) is 11.8 Å². The molecule has 0 spiro atoms. The molecule has 168 valence electrons. The van der Waals surface area contributed by atoms with Gasteiger partial charge in [0.2, 0.25) is 0 Å². The van der Waals surface area contributed by atoms with Gasteiger partial charge in [-0.25, -0.2) is 9.50 Å². The van der Waals surface area contributed by atoms with Gasteiger partial charge in [0, 0.05) is 42.8 Å².